The second-order valence-electron chi connectivity index (χ2n) is 7.52. The van der Waals surface area contributed by atoms with E-state index in [2.05, 4.69) is 15.5 Å². The number of amides is 1. The van der Waals surface area contributed by atoms with Crippen molar-refractivity contribution >= 4 is 5.91 Å². The molecule has 0 bridgehead atoms. The van der Waals surface area contributed by atoms with Gasteiger partial charge in [-0.15, -0.1) is 0 Å². The van der Waals surface area contributed by atoms with Gasteiger partial charge in [0.25, 0.3) is 0 Å². The van der Waals surface area contributed by atoms with Crippen LogP contribution in [0.5, 0.6) is 0 Å². The molecule has 1 unspecified atom stereocenters. The highest BCUT2D eigenvalue weighted by Crippen LogP contribution is 2.32. The molecular formula is C17H29N3O3. The first-order valence-corrected chi connectivity index (χ1v) is 8.63. The van der Waals surface area contributed by atoms with Crippen molar-refractivity contribution in [1.82, 2.24) is 15.5 Å². The topological polar surface area (TPSA) is 88.2 Å². The zero-order valence-corrected chi connectivity index (χ0v) is 14.5. The highest BCUT2D eigenvalue weighted by molar-refractivity contribution is 5.76. The number of aryl methyl sites for hydroxylation is 1. The van der Waals surface area contributed by atoms with Crippen LogP contribution in [0.1, 0.15) is 76.9 Å². The standard InChI is InChI=1S/C17H29N3O3/c1-12(21)10-17(2,3)11-18-14(22)8-9-15-19-16(20-23-15)13-6-4-5-7-13/h12-13,21H,4-11H2,1-3H3,(H,18,22). The van der Waals surface area contributed by atoms with Gasteiger partial charge in [-0.1, -0.05) is 31.8 Å². The number of carbonyl (C=O) groups excluding carboxylic acids is 1. The van der Waals surface area contributed by atoms with Crippen LogP contribution >= 0.6 is 0 Å². The van der Waals surface area contributed by atoms with Crippen LogP contribution in [-0.2, 0) is 11.2 Å². The smallest absolute Gasteiger partial charge is 0.227 e. The number of aromatic nitrogens is 2. The number of nitrogens with one attached hydrogen (secondary N) is 1. The molecule has 1 heterocycles. The Balaban J connectivity index is 1.72. The van der Waals surface area contributed by atoms with Gasteiger partial charge >= 0.3 is 0 Å². The number of rotatable bonds is 8. The van der Waals surface area contributed by atoms with Crippen LogP contribution in [0.4, 0.5) is 0 Å². The van der Waals surface area contributed by atoms with Crippen molar-refractivity contribution in [3.05, 3.63) is 11.7 Å². The van der Waals surface area contributed by atoms with E-state index >= 15 is 0 Å². The first kappa shape index (κ1) is 17.9. The molecule has 1 fully saturated rings. The Kier molecular flexibility index (Phi) is 6.16. The second-order valence-corrected chi connectivity index (χ2v) is 7.52. The van der Waals surface area contributed by atoms with E-state index in [-0.39, 0.29) is 17.4 Å². The molecule has 0 aliphatic heterocycles. The number of nitrogens with zero attached hydrogens (tertiary/aromatic N) is 2. The zero-order valence-electron chi connectivity index (χ0n) is 14.5. The average molecular weight is 323 g/mol. The summed E-state index contributed by atoms with van der Waals surface area (Å²) in [7, 11) is 0. The van der Waals surface area contributed by atoms with Crippen LogP contribution in [0, 0.1) is 5.41 Å². The van der Waals surface area contributed by atoms with Gasteiger partial charge < -0.3 is 14.9 Å². The summed E-state index contributed by atoms with van der Waals surface area (Å²) in [6.07, 6.45) is 5.85. The number of aliphatic hydroxyl groups excluding tert-OH is 1. The molecule has 1 aromatic rings. The van der Waals surface area contributed by atoms with Crippen LogP contribution in [0.15, 0.2) is 4.52 Å². The fourth-order valence-electron chi connectivity index (χ4n) is 3.24. The first-order valence-electron chi connectivity index (χ1n) is 8.63. The van der Waals surface area contributed by atoms with Gasteiger partial charge in [0.2, 0.25) is 11.8 Å². The highest BCUT2D eigenvalue weighted by atomic mass is 16.5. The lowest BCUT2D eigenvalue weighted by molar-refractivity contribution is -0.121. The highest BCUT2D eigenvalue weighted by Gasteiger charge is 2.23. The molecule has 2 rings (SSSR count). The van der Waals surface area contributed by atoms with Gasteiger partial charge in [0, 0.05) is 25.3 Å². The summed E-state index contributed by atoms with van der Waals surface area (Å²) in [5.41, 5.74) is -0.121. The Morgan fingerprint density at radius 2 is 2.13 bits per heavy atom. The third-order valence-corrected chi connectivity index (χ3v) is 4.38. The van der Waals surface area contributed by atoms with Crippen molar-refractivity contribution in [2.75, 3.05) is 6.54 Å². The van der Waals surface area contributed by atoms with E-state index in [1.165, 1.54) is 12.8 Å². The number of hydrogen-bond acceptors (Lipinski definition) is 5. The molecule has 0 radical (unpaired) electrons. The minimum Gasteiger partial charge on any atom is -0.393 e. The molecule has 2 N–H and O–H groups in total. The fourth-order valence-corrected chi connectivity index (χ4v) is 3.24. The van der Waals surface area contributed by atoms with Gasteiger partial charge in [0.15, 0.2) is 5.82 Å². The predicted octanol–water partition coefficient (Wildman–Crippen LogP) is 2.57. The minimum atomic E-state index is -0.366. The van der Waals surface area contributed by atoms with Gasteiger partial charge in [-0.2, -0.15) is 4.98 Å². The molecule has 1 aromatic heterocycles. The molecule has 0 saturated heterocycles. The minimum absolute atomic E-state index is 0.0238. The maximum Gasteiger partial charge on any atom is 0.227 e. The van der Waals surface area contributed by atoms with Gasteiger partial charge in [0.05, 0.1) is 6.10 Å². The largest absolute Gasteiger partial charge is 0.393 e. The van der Waals surface area contributed by atoms with Crippen molar-refractivity contribution in [1.29, 1.82) is 0 Å². The Morgan fingerprint density at radius 3 is 2.78 bits per heavy atom. The molecule has 1 saturated carbocycles. The quantitative estimate of drug-likeness (QED) is 0.767. The zero-order chi connectivity index (χ0) is 16.9. The lowest BCUT2D eigenvalue weighted by Crippen LogP contribution is -2.35. The fraction of sp³-hybridized carbons (Fsp3) is 0.824. The van der Waals surface area contributed by atoms with Crippen LogP contribution in [-0.4, -0.2) is 33.8 Å². The molecular weight excluding hydrogens is 294 g/mol. The summed E-state index contributed by atoms with van der Waals surface area (Å²) in [5, 5.41) is 16.4. The van der Waals surface area contributed by atoms with Crippen LogP contribution in [0.2, 0.25) is 0 Å². The van der Waals surface area contributed by atoms with Gasteiger partial charge in [0.1, 0.15) is 0 Å². The Morgan fingerprint density at radius 1 is 1.43 bits per heavy atom. The second kappa shape index (κ2) is 7.90. The third kappa shape index (κ3) is 5.94. The molecule has 6 nitrogen and oxygen atoms in total. The van der Waals surface area contributed by atoms with Crippen LogP contribution < -0.4 is 5.32 Å². The summed E-state index contributed by atoms with van der Waals surface area (Å²) in [4.78, 5) is 16.4. The summed E-state index contributed by atoms with van der Waals surface area (Å²) >= 11 is 0. The van der Waals surface area contributed by atoms with Crippen LogP contribution in [0.25, 0.3) is 0 Å². The van der Waals surface area contributed by atoms with Crippen molar-refractivity contribution < 1.29 is 14.4 Å². The molecule has 1 atom stereocenters. The maximum atomic E-state index is 11.9. The summed E-state index contributed by atoms with van der Waals surface area (Å²) in [6, 6.07) is 0. The first-order chi connectivity index (χ1) is 10.9. The lowest BCUT2D eigenvalue weighted by atomic mass is 9.87. The van der Waals surface area contributed by atoms with Gasteiger partial charge in [-0.3, -0.25) is 4.79 Å². The SMILES string of the molecule is CC(O)CC(C)(C)CNC(=O)CCc1nc(C2CCCC2)no1. The molecule has 1 amide bonds. The molecule has 23 heavy (non-hydrogen) atoms. The van der Waals surface area contributed by atoms with Crippen molar-refractivity contribution in [2.45, 2.75) is 77.7 Å². The Labute approximate surface area is 138 Å². The molecule has 1 aliphatic rings. The molecule has 0 aromatic carbocycles. The van der Waals surface area contributed by atoms with Gasteiger partial charge in [-0.05, 0) is 31.6 Å². The van der Waals surface area contributed by atoms with E-state index in [0.29, 0.717) is 37.6 Å². The van der Waals surface area contributed by atoms with E-state index in [0.717, 1.165) is 18.7 Å². The molecule has 0 spiro atoms. The summed E-state index contributed by atoms with van der Waals surface area (Å²) in [6.45, 7) is 6.38. The van der Waals surface area contributed by atoms with E-state index < -0.39 is 0 Å². The van der Waals surface area contributed by atoms with E-state index in [4.69, 9.17) is 4.52 Å². The number of aliphatic hydroxyl groups is 1. The number of hydrogen-bond donors (Lipinski definition) is 2. The van der Waals surface area contributed by atoms with Crippen molar-refractivity contribution in [2.24, 2.45) is 5.41 Å². The normalized spacial score (nSPS) is 17.4. The van der Waals surface area contributed by atoms with E-state index in [9.17, 15) is 9.90 Å². The Hall–Kier alpha value is -1.43. The maximum absolute atomic E-state index is 11.9. The van der Waals surface area contributed by atoms with Crippen LogP contribution in [0.3, 0.4) is 0 Å². The molecule has 6 heteroatoms. The third-order valence-electron chi connectivity index (χ3n) is 4.38. The summed E-state index contributed by atoms with van der Waals surface area (Å²) in [5.74, 6) is 1.76. The van der Waals surface area contributed by atoms with Crippen molar-refractivity contribution in [3.63, 3.8) is 0 Å². The predicted molar refractivity (Wildman–Crippen MR) is 86.9 cm³/mol. The Bertz CT molecular complexity index is 505. The lowest BCUT2D eigenvalue weighted by Gasteiger charge is -2.26. The molecule has 1 aliphatic carbocycles. The van der Waals surface area contributed by atoms with Gasteiger partial charge in [-0.25, -0.2) is 0 Å². The number of carbonyl (C=O) groups is 1. The van der Waals surface area contributed by atoms with E-state index in [1.54, 1.807) is 6.92 Å². The summed E-state index contributed by atoms with van der Waals surface area (Å²) < 4.78 is 5.25. The van der Waals surface area contributed by atoms with E-state index in [1.807, 2.05) is 13.8 Å². The average Bonchev–Trinajstić information content (AvgIpc) is 3.12. The molecule has 130 valence electrons. The monoisotopic (exact) mass is 323 g/mol. The van der Waals surface area contributed by atoms with Crippen molar-refractivity contribution in [3.8, 4) is 0 Å².